The zero-order valence-electron chi connectivity index (χ0n) is 10.4. The lowest BCUT2D eigenvalue weighted by atomic mass is 10.1. The Kier molecular flexibility index (Phi) is 5.43. The van der Waals surface area contributed by atoms with Gasteiger partial charge in [0.1, 0.15) is 12.4 Å². The Bertz CT molecular complexity index is 558. The number of benzene rings is 2. The van der Waals surface area contributed by atoms with Crippen LogP contribution in [0.2, 0.25) is 0 Å². The smallest absolute Gasteiger partial charge is 0.137 e. The fourth-order valence-electron chi connectivity index (χ4n) is 1.85. The minimum absolute atomic E-state index is 0.541. The standard InChI is InChI=1S/C15H15Br2NO/c16-13-5-1-3-11(9-13)10-19-15-12(7-8-18)4-2-6-14(15)17/h1-6,9H,7-8,10,18H2. The number of halogens is 2. The first-order valence-corrected chi connectivity index (χ1v) is 7.64. The lowest BCUT2D eigenvalue weighted by Crippen LogP contribution is -2.06. The number of ether oxygens (including phenoxy) is 1. The zero-order chi connectivity index (χ0) is 13.7. The molecule has 0 aliphatic heterocycles. The van der Waals surface area contributed by atoms with Crippen LogP contribution >= 0.6 is 31.9 Å². The normalized spacial score (nSPS) is 10.5. The summed E-state index contributed by atoms with van der Waals surface area (Å²) in [6.07, 6.45) is 0.813. The number of rotatable bonds is 5. The Morgan fingerprint density at radius 3 is 2.58 bits per heavy atom. The van der Waals surface area contributed by atoms with Crippen LogP contribution in [0.15, 0.2) is 51.4 Å². The zero-order valence-corrected chi connectivity index (χ0v) is 13.6. The van der Waals surface area contributed by atoms with Gasteiger partial charge in [-0.15, -0.1) is 0 Å². The molecule has 0 atom stereocenters. The molecule has 2 nitrogen and oxygen atoms in total. The number of nitrogens with two attached hydrogens (primary N) is 1. The molecule has 2 aromatic carbocycles. The SMILES string of the molecule is NCCc1cccc(Br)c1OCc1cccc(Br)c1. The topological polar surface area (TPSA) is 35.2 Å². The van der Waals surface area contributed by atoms with Gasteiger partial charge in [-0.2, -0.15) is 0 Å². The molecule has 0 unspecified atom stereocenters. The Morgan fingerprint density at radius 2 is 1.84 bits per heavy atom. The van der Waals surface area contributed by atoms with E-state index in [4.69, 9.17) is 10.5 Å². The van der Waals surface area contributed by atoms with Gasteiger partial charge in [-0.25, -0.2) is 0 Å². The summed E-state index contributed by atoms with van der Waals surface area (Å²) in [6, 6.07) is 14.1. The highest BCUT2D eigenvalue weighted by Gasteiger charge is 2.07. The van der Waals surface area contributed by atoms with Gasteiger partial charge in [0.25, 0.3) is 0 Å². The van der Waals surface area contributed by atoms with E-state index >= 15 is 0 Å². The quantitative estimate of drug-likeness (QED) is 0.834. The maximum Gasteiger partial charge on any atom is 0.137 e. The van der Waals surface area contributed by atoms with E-state index in [0.29, 0.717) is 13.2 Å². The van der Waals surface area contributed by atoms with Crippen LogP contribution in [-0.2, 0) is 13.0 Å². The van der Waals surface area contributed by atoms with Crippen molar-refractivity contribution in [3.8, 4) is 5.75 Å². The molecule has 0 aliphatic rings. The molecule has 4 heteroatoms. The Labute approximate surface area is 130 Å². The lowest BCUT2D eigenvalue weighted by Gasteiger charge is -2.13. The molecule has 2 aromatic rings. The fourth-order valence-corrected chi connectivity index (χ4v) is 2.82. The second kappa shape index (κ2) is 7.08. The molecular weight excluding hydrogens is 370 g/mol. The van der Waals surface area contributed by atoms with Crippen molar-refractivity contribution in [1.29, 1.82) is 0 Å². The van der Waals surface area contributed by atoms with Crippen molar-refractivity contribution in [2.45, 2.75) is 13.0 Å². The average Bonchev–Trinajstić information content (AvgIpc) is 2.38. The minimum Gasteiger partial charge on any atom is -0.487 e. The van der Waals surface area contributed by atoms with Crippen LogP contribution in [-0.4, -0.2) is 6.54 Å². The highest BCUT2D eigenvalue weighted by atomic mass is 79.9. The summed E-state index contributed by atoms with van der Waals surface area (Å²) in [5.41, 5.74) is 7.89. The summed E-state index contributed by atoms with van der Waals surface area (Å²) >= 11 is 6.99. The minimum atomic E-state index is 0.541. The van der Waals surface area contributed by atoms with Crippen molar-refractivity contribution in [3.63, 3.8) is 0 Å². The molecule has 0 saturated carbocycles. The number of hydrogen-bond acceptors (Lipinski definition) is 2. The third-order valence-electron chi connectivity index (χ3n) is 2.73. The van der Waals surface area contributed by atoms with Gasteiger partial charge in [-0.05, 0) is 58.2 Å². The van der Waals surface area contributed by atoms with E-state index in [1.165, 1.54) is 0 Å². The van der Waals surface area contributed by atoms with Crippen molar-refractivity contribution in [3.05, 3.63) is 62.5 Å². The van der Waals surface area contributed by atoms with Crippen molar-refractivity contribution in [2.75, 3.05) is 6.54 Å². The van der Waals surface area contributed by atoms with E-state index in [2.05, 4.69) is 37.9 Å². The highest BCUT2D eigenvalue weighted by Crippen LogP contribution is 2.30. The van der Waals surface area contributed by atoms with Crippen LogP contribution in [0.4, 0.5) is 0 Å². The summed E-state index contributed by atoms with van der Waals surface area (Å²) in [5, 5.41) is 0. The van der Waals surface area contributed by atoms with E-state index in [1.54, 1.807) is 0 Å². The van der Waals surface area contributed by atoms with Crippen molar-refractivity contribution in [1.82, 2.24) is 0 Å². The van der Waals surface area contributed by atoms with Crippen LogP contribution in [0.5, 0.6) is 5.75 Å². The second-order valence-electron chi connectivity index (χ2n) is 4.19. The molecule has 19 heavy (non-hydrogen) atoms. The van der Waals surface area contributed by atoms with Gasteiger partial charge in [0.05, 0.1) is 4.47 Å². The molecule has 0 amide bonds. The molecule has 0 bridgehead atoms. The summed E-state index contributed by atoms with van der Waals surface area (Å²) in [5.74, 6) is 0.882. The molecule has 0 aromatic heterocycles. The van der Waals surface area contributed by atoms with Gasteiger partial charge >= 0.3 is 0 Å². The fraction of sp³-hybridized carbons (Fsp3) is 0.200. The van der Waals surface area contributed by atoms with Crippen LogP contribution < -0.4 is 10.5 Å². The monoisotopic (exact) mass is 383 g/mol. The van der Waals surface area contributed by atoms with Crippen molar-refractivity contribution >= 4 is 31.9 Å². The average molecular weight is 385 g/mol. The van der Waals surface area contributed by atoms with Crippen LogP contribution in [0.25, 0.3) is 0 Å². The van der Waals surface area contributed by atoms with Crippen LogP contribution in [0.3, 0.4) is 0 Å². The molecule has 0 aliphatic carbocycles. The molecule has 0 spiro atoms. The predicted molar refractivity (Wildman–Crippen MR) is 85.4 cm³/mol. The third kappa shape index (κ3) is 4.06. The molecule has 0 heterocycles. The first kappa shape index (κ1) is 14.6. The maximum atomic E-state index is 5.94. The summed E-state index contributed by atoms with van der Waals surface area (Å²) < 4.78 is 7.96. The first-order valence-electron chi connectivity index (χ1n) is 6.05. The van der Waals surface area contributed by atoms with E-state index < -0.39 is 0 Å². The molecule has 0 saturated heterocycles. The Hall–Kier alpha value is -0.840. The molecular formula is C15H15Br2NO. The molecule has 0 radical (unpaired) electrons. The van der Waals surface area contributed by atoms with Gasteiger partial charge in [-0.1, -0.05) is 40.2 Å². The summed E-state index contributed by atoms with van der Waals surface area (Å²) in [7, 11) is 0. The van der Waals surface area contributed by atoms with Crippen LogP contribution in [0, 0.1) is 0 Å². The van der Waals surface area contributed by atoms with Gasteiger partial charge in [0, 0.05) is 4.47 Å². The number of hydrogen-bond donors (Lipinski definition) is 1. The second-order valence-corrected chi connectivity index (χ2v) is 5.96. The van der Waals surface area contributed by atoms with E-state index in [9.17, 15) is 0 Å². The Balaban J connectivity index is 2.14. The molecule has 100 valence electrons. The largest absolute Gasteiger partial charge is 0.487 e. The van der Waals surface area contributed by atoms with Crippen molar-refractivity contribution in [2.24, 2.45) is 5.73 Å². The van der Waals surface area contributed by atoms with Gasteiger partial charge in [-0.3, -0.25) is 0 Å². The summed E-state index contributed by atoms with van der Waals surface area (Å²) in [4.78, 5) is 0. The van der Waals surface area contributed by atoms with Gasteiger partial charge in [0.2, 0.25) is 0 Å². The maximum absolute atomic E-state index is 5.94. The van der Waals surface area contributed by atoms with Crippen LogP contribution in [0.1, 0.15) is 11.1 Å². The lowest BCUT2D eigenvalue weighted by molar-refractivity contribution is 0.301. The third-order valence-corrected chi connectivity index (χ3v) is 3.85. The molecule has 0 fully saturated rings. The van der Waals surface area contributed by atoms with Gasteiger partial charge < -0.3 is 10.5 Å². The molecule has 2 N–H and O–H groups in total. The van der Waals surface area contributed by atoms with E-state index in [-0.39, 0.29) is 0 Å². The molecule has 2 rings (SSSR count). The predicted octanol–water partition coefficient (Wildman–Crippen LogP) is 4.29. The van der Waals surface area contributed by atoms with Gasteiger partial charge in [0.15, 0.2) is 0 Å². The van der Waals surface area contributed by atoms with E-state index in [0.717, 1.165) is 32.2 Å². The Morgan fingerprint density at radius 1 is 1.05 bits per heavy atom. The number of para-hydroxylation sites is 1. The van der Waals surface area contributed by atoms with E-state index in [1.807, 2.05) is 36.4 Å². The summed E-state index contributed by atoms with van der Waals surface area (Å²) in [6.45, 7) is 1.16. The van der Waals surface area contributed by atoms with Crippen molar-refractivity contribution < 1.29 is 4.74 Å². The highest BCUT2D eigenvalue weighted by molar-refractivity contribution is 9.10. The first-order chi connectivity index (χ1) is 9.20.